The summed E-state index contributed by atoms with van der Waals surface area (Å²) in [4.78, 5) is 44.2. The van der Waals surface area contributed by atoms with Gasteiger partial charge in [0.05, 0.1) is 16.8 Å². The molecule has 0 aliphatic carbocycles. The lowest BCUT2D eigenvalue weighted by Crippen LogP contribution is -2.45. The maximum Gasteiger partial charge on any atom is 0.327 e. The molecule has 2 heterocycles. The molecule has 10 nitrogen and oxygen atoms in total. The van der Waals surface area contributed by atoms with Gasteiger partial charge < -0.3 is 16.2 Å². The number of hydrazine groups is 1. The number of halogens is 1. The lowest BCUT2D eigenvalue weighted by atomic mass is 10.0. The first-order valence-corrected chi connectivity index (χ1v) is 11.1. The fourth-order valence-electron chi connectivity index (χ4n) is 3.52. The summed E-state index contributed by atoms with van der Waals surface area (Å²) in [6.07, 6.45) is 3.18. The second-order valence-corrected chi connectivity index (χ2v) is 7.93. The van der Waals surface area contributed by atoms with E-state index in [2.05, 4.69) is 32.6 Å². The summed E-state index contributed by atoms with van der Waals surface area (Å²) < 4.78 is 0. The third-order valence-corrected chi connectivity index (χ3v) is 5.50. The van der Waals surface area contributed by atoms with Crippen molar-refractivity contribution in [2.45, 2.75) is 6.04 Å². The van der Waals surface area contributed by atoms with Gasteiger partial charge in [0, 0.05) is 46.6 Å². The zero-order valence-corrected chi connectivity index (χ0v) is 20.7. The number of hydrogen-bond acceptors (Lipinski definition) is 7. The van der Waals surface area contributed by atoms with E-state index in [4.69, 9.17) is 16.7 Å². The molecule has 0 fully saturated rings. The maximum atomic E-state index is 12.3. The minimum Gasteiger partial charge on any atom is -0.480 e. The quantitative estimate of drug-likeness (QED) is 0.109. The lowest BCUT2D eigenvalue weighted by molar-refractivity contribution is -0.138. The summed E-state index contributed by atoms with van der Waals surface area (Å²) >= 11 is 0. The summed E-state index contributed by atoms with van der Waals surface area (Å²) in [5.41, 5.74) is 11.6. The number of nitrogens with two attached hydrogens (primary N) is 2. The Morgan fingerprint density at radius 2 is 1.58 bits per heavy atom. The molecule has 0 spiro atoms. The van der Waals surface area contributed by atoms with E-state index in [1.165, 1.54) is 0 Å². The van der Waals surface area contributed by atoms with Crippen molar-refractivity contribution in [1.82, 2.24) is 20.7 Å². The number of amides is 2. The van der Waals surface area contributed by atoms with E-state index in [0.717, 1.165) is 11.1 Å². The number of carbonyl (C=O) groups is 3. The number of aliphatic carboxylic acids is 1. The van der Waals surface area contributed by atoms with Crippen LogP contribution in [0.2, 0.25) is 0 Å². The summed E-state index contributed by atoms with van der Waals surface area (Å²) in [6, 6.07) is 16.1. The normalized spacial score (nSPS) is 10.9. The molecule has 0 bridgehead atoms. The molecule has 2 aromatic carbocycles. The number of carboxylic acid groups (broad SMARTS) is 1. The molecule has 0 saturated heterocycles. The Morgan fingerprint density at radius 3 is 2.16 bits per heavy atom. The van der Waals surface area contributed by atoms with Crippen molar-refractivity contribution in [2.24, 2.45) is 11.6 Å². The van der Waals surface area contributed by atoms with Crippen LogP contribution in [0.1, 0.15) is 31.8 Å². The van der Waals surface area contributed by atoms with Gasteiger partial charge in [-0.15, -0.1) is 12.4 Å². The molecule has 0 aliphatic heterocycles. The third-order valence-electron chi connectivity index (χ3n) is 5.50. The molecule has 1 atom stereocenters. The van der Waals surface area contributed by atoms with Crippen molar-refractivity contribution in [3.63, 3.8) is 0 Å². The van der Waals surface area contributed by atoms with E-state index in [-0.39, 0.29) is 19.0 Å². The molecule has 11 heteroatoms. The number of aromatic nitrogens is 2. The zero-order valence-electron chi connectivity index (χ0n) is 19.8. The molecule has 4 rings (SSSR count). The van der Waals surface area contributed by atoms with Crippen LogP contribution >= 0.6 is 12.4 Å². The number of benzene rings is 2. The number of carboxylic acids is 1. The van der Waals surface area contributed by atoms with E-state index >= 15 is 0 Å². The summed E-state index contributed by atoms with van der Waals surface area (Å²) in [6.45, 7) is -0.206. The number of nitrogen functional groups attached to an aromatic ring is 1. The topological polar surface area (TPSA) is 173 Å². The SMILES string of the molecule is Cl.NCC(NC(=O)c1ccc(C#Cc2ccc(-c3cc(C(=O)NN)c4cnccc4n3)cc2)cc1)C(=O)O. The fraction of sp³-hybridized carbons (Fsp3) is 0.0741. The highest BCUT2D eigenvalue weighted by Gasteiger charge is 2.18. The van der Waals surface area contributed by atoms with E-state index in [1.54, 1.807) is 48.8 Å². The fourth-order valence-corrected chi connectivity index (χ4v) is 3.52. The minimum atomic E-state index is -1.19. The van der Waals surface area contributed by atoms with Crippen LogP contribution in [0.5, 0.6) is 0 Å². The Kier molecular flexibility index (Phi) is 9.08. The van der Waals surface area contributed by atoms with Crippen molar-refractivity contribution in [1.29, 1.82) is 0 Å². The van der Waals surface area contributed by atoms with E-state index in [9.17, 15) is 14.4 Å². The summed E-state index contributed by atoms with van der Waals surface area (Å²) in [5, 5.41) is 12.0. The number of rotatable bonds is 6. The van der Waals surface area contributed by atoms with Crippen LogP contribution in [0.25, 0.3) is 22.2 Å². The maximum absolute atomic E-state index is 12.3. The Morgan fingerprint density at radius 1 is 0.947 bits per heavy atom. The van der Waals surface area contributed by atoms with Gasteiger partial charge in [0.25, 0.3) is 11.8 Å². The van der Waals surface area contributed by atoms with Crippen LogP contribution < -0.4 is 22.3 Å². The van der Waals surface area contributed by atoms with Gasteiger partial charge in [-0.2, -0.15) is 0 Å². The number of fused-ring (bicyclic) bond motifs is 1. The van der Waals surface area contributed by atoms with Crippen LogP contribution in [0.3, 0.4) is 0 Å². The van der Waals surface area contributed by atoms with Crippen molar-refractivity contribution < 1.29 is 19.5 Å². The summed E-state index contributed by atoms with van der Waals surface area (Å²) in [5.74, 6) is 9.27. The van der Waals surface area contributed by atoms with Gasteiger partial charge in [-0.25, -0.2) is 15.6 Å². The molecule has 0 saturated carbocycles. The van der Waals surface area contributed by atoms with Gasteiger partial charge in [0.1, 0.15) is 6.04 Å². The van der Waals surface area contributed by atoms with Gasteiger partial charge in [-0.05, 0) is 48.5 Å². The molecule has 1 unspecified atom stereocenters. The number of carbonyl (C=O) groups excluding carboxylic acids is 2. The number of nitrogens with zero attached hydrogens (tertiary/aromatic N) is 2. The van der Waals surface area contributed by atoms with Gasteiger partial charge >= 0.3 is 5.97 Å². The first-order chi connectivity index (χ1) is 17.9. The van der Waals surface area contributed by atoms with Gasteiger partial charge in [-0.1, -0.05) is 24.0 Å². The zero-order chi connectivity index (χ0) is 26.4. The summed E-state index contributed by atoms with van der Waals surface area (Å²) in [7, 11) is 0. The second kappa shape index (κ2) is 12.4. The van der Waals surface area contributed by atoms with Gasteiger partial charge in [-0.3, -0.25) is 20.0 Å². The standard InChI is InChI=1S/C27H22N6O4.ClH/c28-14-24(27(36)37)32-25(34)19-9-5-17(6-10-19)2-1-16-3-7-18(8-4-16)23-13-20(26(35)33-29)21-15-30-12-11-22(21)31-23;/h3-13,15,24H,14,28-29H2,(H,32,34)(H,33,35)(H,36,37);1H. The Balaban J connectivity index is 0.00000400. The molecule has 4 aromatic rings. The lowest BCUT2D eigenvalue weighted by Gasteiger charge is -2.11. The largest absolute Gasteiger partial charge is 0.480 e. The molecular weight excluding hydrogens is 508 g/mol. The molecule has 0 aliphatic rings. The number of nitrogens with one attached hydrogen (secondary N) is 2. The minimum absolute atomic E-state index is 0. The first kappa shape index (κ1) is 27.8. The molecule has 7 N–H and O–H groups in total. The van der Waals surface area contributed by atoms with Crippen LogP contribution in [-0.4, -0.2) is 45.4 Å². The van der Waals surface area contributed by atoms with Crippen molar-refractivity contribution in [3.8, 4) is 23.1 Å². The van der Waals surface area contributed by atoms with E-state index in [0.29, 0.717) is 33.3 Å². The van der Waals surface area contributed by atoms with Crippen molar-refractivity contribution >= 4 is 41.1 Å². The van der Waals surface area contributed by atoms with E-state index in [1.807, 2.05) is 24.3 Å². The molecule has 0 radical (unpaired) electrons. The highest BCUT2D eigenvalue weighted by Crippen LogP contribution is 2.24. The monoisotopic (exact) mass is 530 g/mol. The van der Waals surface area contributed by atoms with Crippen LogP contribution in [0.4, 0.5) is 0 Å². The second-order valence-electron chi connectivity index (χ2n) is 7.93. The number of pyridine rings is 2. The number of hydrogen-bond donors (Lipinski definition) is 5. The molecule has 38 heavy (non-hydrogen) atoms. The van der Waals surface area contributed by atoms with Crippen molar-refractivity contribution in [3.05, 3.63) is 95.3 Å². The van der Waals surface area contributed by atoms with Crippen molar-refractivity contribution in [2.75, 3.05) is 6.54 Å². The smallest absolute Gasteiger partial charge is 0.327 e. The average molecular weight is 531 g/mol. The average Bonchev–Trinajstić information content (AvgIpc) is 2.94. The Hall–Kier alpha value is -4.82. The molecule has 192 valence electrons. The Bertz CT molecular complexity index is 1550. The highest BCUT2D eigenvalue weighted by molar-refractivity contribution is 6.06. The molecular formula is C27H23ClN6O4. The Labute approximate surface area is 223 Å². The predicted octanol–water partition coefficient (Wildman–Crippen LogP) is 1.86. The van der Waals surface area contributed by atoms with Crippen LogP contribution in [0, 0.1) is 11.8 Å². The van der Waals surface area contributed by atoms with Gasteiger partial charge in [0.2, 0.25) is 0 Å². The molecule has 2 amide bonds. The van der Waals surface area contributed by atoms with E-state index < -0.39 is 23.8 Å². The van der Waals surface area contributed by atoms with Crippen LogP contribution in [0.15, 0.2) is 73.1 Å². The first-order valence-electron chi connectivity index (χ1n) is 11.1. The molecule has 2 aromatic heterocycles. The predicted molar refractivity (Wildman–Crippen MR) is 144 cm³/mol. The highest BCUT2D eigenvalue weighted by atomic mass is 35.5. The van der Waals surface area contributed by atoms with Gasteiger partial charge in [0.15, 0.2) is 0 Å². The third kappa shape index (κ3) is 6.29. The van der Waals surface area contributed by atoms with Crippen LogP contribution in [-0.2, 0) is 4.79 Å².